The molecule has 15 heavy (non-hydrogen) atoms. The zero-order valence-corrected chi connectivity index (χ0v) is 8.85. The highest BCUT2D eigenvalue weighted by molar-refractivity contribution is 5.34. The zero-order chi connectivity index (χ0) is 10.3. The van der Waals surface area contributed by atoms with E-state index in [0.717, 1.165) is 19.6 Å². The fourth-order valence-corrected chi connectivity index (χ4v) is 2.43. The van der Waals surface area contributed by atoms with Gasteiger partial charge in [-0.3, -0.25) is 9.68 Å². The first kappa shape index (κ1) is 9.33. The largest absolute Gasteiger partial charge is 0.274 e. The number of rotatable bonds is 1. The maximum Gasteiger partial charge on any atom is 0.113 e. The van der Waals surface area contributed by atoms with Crippen molar-refractivity contribution in [3.05, 3.63) is 35.4 Å². The Morgan fingerprint density at radius 1 is 1.40 bits per heavy atom. The van der Waals surface area contributed by atoms with E-state index in [4.69, 9.17) is 9.68 Å². The quantitative estimate of drug-likeness (QED) is 0.700. The van der Waals surface area contributed by atoms with Crippen LogP contribution in [-0.4, -0.2) is 18.4 Å². The molecule has 1 aromatic carbocycles. The lowest BCUT2D eigenvalue weighted by molar-refractivity contribution is -0.425. The predicted octanol–water partition coefficient (Wildman–Crippen LogP) is 2.10. The standard InChI is InChI=1S/C12H15NO2/c1-2-13-14-8-10-7-9-5-3-4-6-11(9)12(10)15-13/h3-6,10,12H,2,7-8H2,1H3/t10-,12+/m1/s1. The van der Waals surface area contributed by atoms with Gasteiger partial charge in [0.15, 0.2) is 0 Å². The lowest BCUT2D eigenvalue weighted by Crippen LogP contribution is -2.36. The molecule has 0 spiro atoms. The van der Waals surface area contributed by atoms with Crippen molar-refractivity contribution in [3.8, 4) is 0 Å². The van der Waals surface area contributed by atoms with Gasteiger partial charge in [-0.05, 0) is 24.5 Å². The van der Waals surface area contributed by atoms with Gasteiger partial charge in [0, 0.05) is 12.5 Å². The minimum Gasteiger partial charge on any atom is -0.274 e. The summed E-state index contributed by atoms with van der Waals surface area (Å²) in [5.74, 6) is 0.491. The minimum atomic E-state index is 0.204. The second kappa shape index (κ2) is 3.59. The Bertz CT molecular complexity index is 366. The van der Waals surface area contributed by atoms with Crippen LogP contribution in [0.2, 0.25) is 0 Å². The first-order chi connectivity index (χ1) is 7.38. The average molecular weight is 205 g/mol. The molecule has 1 aliphatic heterocycles. The second-order valence-electron chi connectivity index (χ2n) is 4.13. The van der Waals surface area contributed by atoms with Crippen molar-refractivity contribution < 1.29 is 9.68 Å². The van der Waals surface area contributed by atoms with E-state index >= 15 is 0 Å². The van der Waals surface area contributed by atoms with Crippen LogP contribution in [0.25, 0.3) is 0 Å². The van der Waals surface area contributed by atoms with Gasteiger partial charge in [0.05, 0.1) is 6.61 Å². The molecule has 0 saturated carbocycles. The van der Waals surface area contributed by atoms with Crippen LogP contribution in [0.1, 0.15) is 24.2 Å². The molecule has 0 amide bonds. The molecule has 0 unspecified atom stereocenters. The number of fused-ring (bicyclic) bond motifs is 3. The maximum absolute atomic E-state index is 5.80. The van der Waals surface area contributed by atoms with Crippen LogP contribution in [0.3, 0.4) is 0 Å². The molecule has 3 nitrogen and oxygen atoms in total. The molecule has 1 heterocycles. The summed E-state index contributed by atoms with van der Waals surface area (Å²) in [6, 6.07) is 8.53. The fourth-order valence-electron chi connectivity index (χ4n) is 2.43. The molecule has 80 valence electrons. The molecule has 1 aromatic rings. The Labute approximate surface area is 89.5 Å². The van der Waals surface area contributed by atoms with E-state index in [9.17, 15) is 0 Å². The van der Waals surface area contributed by atoms with E-state index in [1.165, 1.54) is 11.1 Å². The lowest BCUT2D eigenvalue weighted by Gasteiger charge is -2.33. The molecule has 0 radical (unpaired) electrons. The summed E-state index contributed by atoms with van der Waals surface area (Å²) < 4.78 is 0. The van der Waals surface area contributed by atoms with E-state index in [-0.39, 0.29) is 6.10 Å². The van der Waals surface area contributed by atoms with E-state index in [0.29, 0.717) is 5.92 Å². The molecule has 1 fully saturated rings. The van der Waals surface area contributed by atoms with Crippen molar-refractivity contribution in [2.45, 2.75) is 19.4 Å². The molecule has 0 aromatic heterocycles. The van der Waals surface area contributed by atoms with Gasteiger partial charge in [-0.25, -0.2) is 0 Å². The van der Waals surface area contributed by atoms with Crippen LogP contribution in [0.5, 0.6) is 0 Å². The summed E-state index contributed by atoms with van der Waals surface area (Å²) in [6.45, 7) is 3.57. The van der Waals surface area contributed by atoms with E-state index in [1.54, 1.807) is 5.23 Å². The summed E-state index contributed by atoms with van der Waals surface area (Å²) in [5, 5.41) is 1.60. The molecule has 0 N–H and O–H groups in total. The summed E-state index contributed by atoms with van der Waals surface area (Å²) >= 11 is 0. The fraction of sp³-hybridized carbons (Fsp3) is 0.500. The molecule has 2 atom stereocenters. The third-order valence-corrected chi connectivity index (χ3v) is 3.19. The molecular weight excluding hydrogens is 190 g/mol. The van der Waals surface area contributed by atoms with Crippen molar-refractivity contribution >= 4 is 0 Å². The predicted molar refractivity (Wildman–Crippen MR) is 55.8 cm³/mol. The van der Waals surface area contributed by atoms with Gasteiger partial charge < -0.3 is 0 Å². The molecule has 3 rings (SSSR count). The number of nitrogens with zero attached hydrogens (tertiary/aromatic N) is 1. The van der Waals surface area contributed by atoms with E-state index < -0.39 is 0 Å². The number of benzene rings is 1. The Morgan fingerprint density at radius 2 is 2.27 bits per heavy atom. The average Bonchev–Trinajstić information content (AvgIpc) is 2.66. The Hall–Kier alpha value is -0.900. The van der Waals surface area contributed by atoms with E-state index in [2.05, 4.69) is 24.3 Å². The third-order valence-electron chi connectivity index (χ3n) is 3.19. The highest BCUT2D eigenvalue weighted by atomic mass is 17.0. The van der Waals surface area contributed by atoms with Gasteiger partial charge in [-0.15, -0.1) is 0 Å². The SMILES string of the molecule is CCN1OC[C@H]2Cc3ccccc3[C@H]2O1. The topological polar surface area (TPSA) is 21.7 Å². The Balaban J connectivity index is 1.89. The molecule has 1 saturated heterocycles. The van der Waals surface area contributed by atoms with Crippen LogP contribution in [0, 0.1) is 5.92 Å². The summed E-state index contributed by atoms with van der Waals surface area (Å²) in [7, 11) is 0. The van der Waals surface area contributed by atoms with Crippen molar-refractivity contribution in [2.75, 3.05) is 13.2 Å². The minimum absolute atomic E-state index is 0.204. The van der Waals surface area contributed by atoms with Gasteiger partial charge in [0.2, 0.25) is 0 Å². The van der Waals surface area contributed by atoms with Crippen molar-refractivity contribution in [2.24, 2.45) is 5.92 Å². The molecule has 0 bridgehead atoms. The molecule has 2 aliphatic rings. The van der Waals surface area contributed by atoms with Crippen molar-refractivity contribution in [3.63, 3.8) is 0 Å². The maximum atomic E-state index is 5.80. The summed E-state index contributed by atoms with van der Waals surface area (Å²) in [5.41, 5.74) is 2.75. The van der Waals surface area contributed by atoms with Gasteiger partial charge in [0.25, 0.3) is 0 Å². The van der Waals surface area contributed by atoms with Crippen molar-refractivity contribution in [1.29, 1.82) is 0 Å². The normalized spacial score (nSPS) is 29.9. The molecular formula is C12H15NO2. The molecule has 1 aliphatic carbocycles. The Morgan fingerprint density at radius 3 is 3.13 bits per heavy atom. The van der Waals surface area contributed by atoms with Crippen LogP contribution >= 0.6 is 0 Å². The van der Waals surface area contributed by atoms with Gasteiger partial charge in [-0.1, -0.05) is 29.5 Å². The van der Waals surface area contributed by atoms with Gasteiger partial charge in [-0.2, -0.15) is 0 Å². The third kappa shape index (κ3) is 1.47. The lowest BCUT2D eigenvalue weighted by atomic mass is 10.0. The number of hydroxylamine groups is 2. The van der Waals surface area contributed by atoms with E-state index in [1.807, 2.05) is 6.92 Å². The highest BCUT2D eigenvalue weighted by Crippen LogP contribution is 2.41. The number of hydrogen-bond donors (Lipinski definition) is 0. The van der Waals surface area contributed by atoms with Crippen molar-refractivity contribution in [1.82, 2.24) is 5.23 Å². The monoisotopic (exact) mass is 205 g/mol. The smallest absolute Gasteiger partial charge is 0.113 e. The van der Waals surface area contributed by atoms with Crippen LogP contribution in [0.15, 0.2) is 24.3 Å². The molecule has 3 heteroatoms. The van der Waals surface area contributed by atoms with Crippen LogP contribution in [-0.2, 0) is 16.1 Å². The first-order valence-corrected chi connectivity index (χ1v) is 5.53. The summed E-state index contributed by atoms with van der Waals surface area (Å²) in [4.78, 5) is 11.3. The second-order valence-corrected chi connectivity index (χ2v) is 4.13. The summed E-state index contributed by atoms with van der Waals surface area (Å²) in [6.07, 6.45) is 1.29. The van der Waals surface area contributed by atoms with Crippen LogP contribution in [0.4, 0.5) is 0 Å². The van der Waals surface area contributed by atoms with Crippen LogP contribution < -0.4 is 0 Å². The highest BCUT2D eigenvalue weighted by Gasteiger charge is 2.38. The first-order valence-electron chi connectivity index (χ1n) is 5.53. The Kier molecular flexibility index (Phi) is 2.24. The van der Waals surface area contributed by atoms with Gasteiger partial charge in [0.1, 0.15) is 6.10 Å². The van der Waals surface area contributed by atoms with Gasteiger partial charge >= 0.3 is 0 Å². The number of hydrogen-bond acceptors (Lipinski definition) is 3. The zero-order valence-electron chi connectivity index (χ0n) is 8.85.